The average molecular weight is 466 g/mol. The molecule has 2 rings (SSSR count). The third-order valence-electron chi connectivity index (χ3n) is 4.95. The molecule has 1 aromatic heterocycles. The van der Waals surface area contributed by atoms with Gasteiger partial charge in [0, 0.05) is 44.9 Å². The van der Waals surface area contributed by atoms with Crippen molar-refractivity contribution in [2.75, 3.05) is 44.9 Å². The number of benzene rings is 1. The number of hydrogen-bond acceptors (Lipinski definition) is 7. The first kappa shape index (κ1) is 26.6. The van der Waals surface area contributed by atoms with Gasteiger partial charge in [-0.1, -0.05) is 18.8 Å². The molecule has 1 atom stereocenters. The molecule has 0 bridgehead atoms. The van der Waals surface area contributed by atoms with Crippen LogP contribution in [0.25, 0.3) is 0 Å². The molecule has 0 saturated heterocycles. The molecule has 0 saturated carbocycles. The summed E-state index contributed by atoms with van der Waals surface area (Å²) in [6, 6.07) is 6.97. The summed E-state index contributed by atoms with van der Waals surface area (Å²) in [7, 11) is 5.20. The molecule has 182 valence electrons. The van der Waals surface area contributed by atoms with E-state index in [4.69, 9.17) is 0 Å². The second-order valence-electron chi connectivity index (χ2n) is 7.99. The molecule has 9 nitrogen and oxygen atoms in total. The lowest BCUT2D eigenvalue weighted by Gasteiger charge is -2.12. The van der Waals surface area contributed by atoms with Crippen molar-refractivity contribution in [2.24, 2.45) is 0 Å². The molecule has 2 amide bonds. The number of likely N-dealkylation sites (N-methyl/N-ethyl adjacent to an activating group) is 1. The first-order chi connectivity index (χ1) is 16.3. The molecule has 1 heterocycles. The third kappa shape index (κ3) is 8.37. The van der Waals surface area contributed by atoms with Gasteiger partial charge in [0.2, 0.25) is 11.9 Å². The van der Waals surface area contributed by atoms with Gasteiger partial charge in [-0.05, 0) is 51.1 Å². The number of rotatable bonds is 11. The SMILES string of the molecule is CCCNc1nc(Nc2ccc(C(=O)N(C)C)cc2)ncc1C#CCCCNC(=O)[C@H](C)NC. The predicted octanol–water partition coefficient (Wildman–Crippen LogP) is 2.60. The second-order valence-corrected chi connectivity index (χ2v) is 7.99. The Morgan fingerprint density at radius 2 is 1.88 bits per heavy atom. The van der Waals surface area contributed by atoms with Crippen LogP contribution in [0.4, 0.5) is 17.5 Å². The Morgan fingerprint density at radius 3 is 2.53 bits per heavy atom. The van der Waals surface area contributed by atoms with Crippen LogP contribution >= 0.6 is 0 Å². The smallest absolute Gasteiger partial charge is 0.253 e. The third-order valence-corrected chi connectivity index (χ3v) is 4.95. The fourth-order valence-electron chi connectivity index (χ4n) is 2.83. The minimum Gasteiger partial charge on any atom is -0.369 e. The van der Waals surface area contributed by atoms with Gasteiger partial charge in [0.1, 0.15) is 5.82 Å². The summed E-state index contributed by atoms with van der Waals surface area (Å²) in [5.74, 6) is 7.32. The summed E-state index contributed by atoms with van der Waals surface area (Å²) in [6.45, 7) is 5.25. The Bertz CT molecular complexity index is 1010. The zero-order valence-corrected chi connectivity index (χ0v) is 20.7. The highest BCUT2D eigenvalue weighted by Gasteiger charge is 2.10. The van der Waals surface area contributed by atoms with Gasteiger partial charge in [-0.15, -0.1) is 0 Å². The van der Waals surface area contributed by atoms with Crippen molar-refractivity contribution < 1.29 is 9.59 Å². The van der Waals surface area contributed by atoms with Crippen molar-refractivity contribution in [3.05, 3.63) is 41.6 Å². The molecule has 0 aliphatic carbocycles. The van der Waals surface area contributed by atoms with Crippen LogP contribution in [0.15, 0.2) is 30.5 Å². The Kier molecular flexibility index (Phi) is 10.8. The topological polar surface area (TPSA) is 111 Å². The zero-order chi connectivity index (χ0) is 24.9. The van der Waals surface area contributed by atoms with E-state index in [1.807, 2.05) is 19.1 Å². The van der Waals surface area contributed by atoms with E-state index in [1.54, 1.807) is 39.5 Å². The number of nitrogens with one attached hydrogen (secondary N) is 4. The number of unbranched alkanes of at least 4 members (excludes halogenated alkanes) is 1. The van der Waals surface area contributed by atoms with E-state index in [9.17, 15) is 9.59 Å². The van der Waals surface area contributed by atoms with Crippen molar-refractivity contribution in [1.82, 2.24) is 25.5 Å². The second kappa shape index (κ2) is 13.8. The Morgan fingerprint density at radius 1 is 1.15 bits per heavy atom. The fourth-order valence-corrected chi connectivity index (χ4v) is 2.83. The van der Waals surface area contributed by atoms with Crippen LogP contribution in [0.2, 0.25) is 0 Å². The van der Waals surface area contributed by atoms with Crippen molar-refractivity contribution >= 4 is 29.3 Å². The van der Waals surface area contributed by atoms with Crippen LogP contribution < -0.4 is 21.3 Å². The Labute approximate surface area is 202 Å². The van der Waals surface area contributed by atoms with E-state index in [0.717, 1.165) is 30.6 Å². The molecule has 2 aromatic rings. The molecule has 1 aromatic carbocycles. The number of amides is 2. The normalized spacial score (nSPS) is 11.1. The van der Waals surface area contributed by atoms with Gasteiger partial charge in [0.15, 0.2) is 0 Å². The molecular weight excluding hydrogens is 430 g/mol. The molecule has 0 unspecified atom stereocenters. The number of carbonyl (C=O) groups is 2. The van der Waals surface area contributed by atoms with E-state index in [1.165, 1.54) is 4.90 Å². The summed E-state index contributed by atoms with van der Waals surface area (Å²) >= 11 is 0. The maximum atomic E-state index is 12.0. The van der Waals surface area contributed by atoms with E-state index in [2.05, 4.69) is 50.0 Å². The Hall–Kier alpha value is -3.64. The molecule has 0 radical (unpaired) electrons. The van der Waals surface area contributed by atoms with Gasteiger partial charge >= 0.3 is 0 Å². The van der Waals surface area contributed by atoms with Crippen LogP contribution in [-0.2, 0) is 4.79 Å². The summed E-state index contributed by atoms with van der Waals surface area (Å²) in [5, 5.41) is 12.3. The molecule has 34 heavy (non-hydrogen) atoms. The predicted molar refractivity (Wildman–Crippen MR) is 136 cm³/mol. The number of nitrogens with zero attached hydrogens (tertiary/aromatic N) is 3. The lowest BCUT2D eigenvalue weighted by Crippen LogP contribution is -2.40. The van der Waals surface area contributed by atoms with Crippen molar-refractivity contribution in [1.29, 1.82) is 0 Å². The molecule has 0 fully saturated rings. The van der Waals surface area contributed by atoms with Gasteiger partial charge in [-0.2, -0.15) is 4.98 Å². The van der Waals surface area contributed by atoms with E-state index >= 15 is 0 Å². The Balaban J connectivity index is 2.01. The summed E-state index contributed by atoms with van der Waals surface area (Å²) in [6.07, 6.45) is 4.06. The zero-order valence-electron chi connectivity index (χ0n) is 20.7. The molecule has 4 N–H and O–H groups in total. The minimum absolute atomic E-state index is 0.0167. The van der Waals surface area contributed by atoms with Gasteiger partial charge in [0.05, 0.1) is 17.8 Å². The molecule has 9 heteroatoms. The van der Waals surface area contributed by atoms with Crippen LogP contribution in [-0.4, -0.2) is 67.0 Å². The largest absolute Gasteiger partial charge is 0.369 e. The van der Waals surface area contributed by atoms with Gasteiger partial charge < -0.3 is 26.2 Å². The first-order valence-corrected chi connectivity index (χ1v) is 11.5. The average Bonchev–Trinajstić information content (AvgIpc) is 2.84. The minimum atomic E-state index is -0.207. The van der Waals surface area contributed by atoms with E-state index in [-0.39, 0.29) is 17.9 Å². The summed E-state index contributed by atoms with van der Waals surface area (Å²) < 4.78 is 0. The highest BCUT2D eigenvalue weighted by atomic mass is 16.2. The number of carbonyl (C=O) groups excluding carboxylic acids is 2. The van der Waals surface area contributed by atoms with Crippen LogP contribution in [0, 0.1) is 11.8 Å². The lowest BCUT2D eigenvalue weighted by molar-refractivity contribution is -0.122. The van der Waals surface area contributed by atoms with E-state index in [0.29, 0.717) is 30.3 Å². The number of anilines is 3. The molecule has 0 aliphatic rings. The quantitative estimate of drug-likeness (QED) is 0.298. The van der Waals surface area contributed by atoms with Crippen molar-refractivity contribution in [3.8, 4) is 11.8 Å². The van der Waals surface area contributed by atoms with Crippen LogP contribution in [0.3, 0.4) is 0 Å². The fraction of sp³-hybridized carbons (Fsp3) is 0.440. The maximum absolute atomic E-state index is 12.0. The monoisotopic (exact) mass is 465 g/mol. The summed E-state index contributed by atoms with van der Waals surface area (Å²) in [5.41, 5.74) is 2.12. The maximum Gasteiger partial charge on any atom is 0.253 e. The van der Waals surface area contributed by atoms with E-state index < -0.39 is 0 Å². The van der Waals surface area contributed by atoms with Gasteiger partial charge in [-0.3, -0.25) is 9.59 Å². The molecule has 0 aliphatic heterocycles. The van der Waals surface area contributed by atoms with Gasteiger partial charge in [-0.25, -0.2) is 4.98 Å². The van der Waals surface area contributed by atoms with Crippen LogP contribution in [0.5, 0.6) is 0 Å². The van der Waals surface area contributed by atoms with Gasteiger partial charge in [0.25, 0.3) is 5.91 Å². The summed E-state index contributed by atoms with van der Waals surface area (Å²) in [4.78, 5) is 34.3. The number of hydrogen-bond donors (Lipinski definition) is 4. The van der Waals surface area contributed by atoms with Crippen molar-refractivity contribution in [2.45, 2.75) is 39.2 Å². The highest BCUT2D eigenvalue weighted by molar-refractivity contribution is 5.94. The van der Waals surface area contributed by atoms with Crippen LogP contribution in [0.1, 0.15) is 49.0 Å². The lowest BCUT2D eigenvalue weighted by atomic mass is 10.2. The molecular formula is C25H35N7O2. The standard InChI is InChI=1S/C25H35N7O2/c1-6-15-27-22-20(10-8-7-9-16-28-23(33)18(2)26-3)17-29-25(31-22)30-21-13-11-19(12-14-21)24(34)32(4)5/h11-14,17-18,26H,6-7,9,15-16H2,1-5H3,(H,28,33)(H2,27,29,30,31)/t18-/m0/s1. The molecule has 0 spiro atoms. The highest BCUT2D eigenvalue weighted by Crippen LogP contribution is 2.18. The van der Waals surface area contributed by atoms with Crippen molar-refractivity contribution in [3.63, 3.8) is 0 Å². The first-order valence-electron chi connectivity index (χ1n) is 11.5. The number of aromatic nitrogens is 2.